The average Bonchev–Trinajstić information content (AvgIpc) is 3.77. The highest BCUT2D eigenvalue weighted by Gasteiger charge is 2.53. The molecule has 0 saturated heterocycles. The second-order valence-corrected chi connectivity index (χ2v) is 14.7. The van der Waals surface area contributed by atoms with Crippen molar-refractivity contribution < 1.29 is 26.6 Å². The number of halogens is 5. The van der Waals surface area contributed by atoms with Crippen LogP contribution in [-0.2, 0) is 22.3 Å². The van der Waals surface area contributed by atoms with Crippen LogP contribution in [0.1, 0.15) is 59.4 Å². The minimum atomic E-state index is -4.66. The monoisotopic (exact) mass is 669 g/mol. The Morgan fingerprint density at radius 2 is 1.83 bits per heavy atom. The molecule has 0 bridgehead atoms. The number of alkyl halides is 3. The van der Waals surface area contributed by atoms with Crippen molar-refractivity contribution in [3.63, 3.8) is 0 Å². The van der Waals surface area contributed by atoms with E-state index in [4.69, 9.17) is 11.6 Å². The molecule has 3 heterocycles. The number of ketones is 1. The number of Topliss-reactive ketones (excluding diaryl/α,β-unsaturated/α-hetero) is 1. The van der Waals surface area contributed by atoms with E-state index in [1.54, 1.807) is 29.1 Å². The van der Waals surface area contributed by atoms with E-state index in [1.165, 1.54) is 24.5 Å². The predicted molar refractivity (Wildman–Crippen MR) is 166 cm³/mol. The van der Waals surface area contributed by atoms with Gasteiger partial charge in [-0.05, 0) is 98.5 Å². The van der Waals surface area contributed by atoms with Gasteiger partial charge in [-0.3, -0.25) is 14.8 Å². The summed E-state index contributed by atoms with van der Waals surface area (Å²) in [4.78, 5) is 23.2. The molecule has 13 heteroatoms. The third kappa shape index (κ3) is 5.35. The third-order valence-electron chi connectivity index (χ3n) is 9.12. The smallest absolute Gasteiger partial charge is 0.291 e. The van der Waals surface area contributed by atoms with Crippen molar-refractivity contribution in [1.82, 2.24) is 24.1 Å². The molecule has 4 aromatic rings. The molecule has 1 aromatic carbocycles. The van der Waals surface area contributed by atoms with Crippen LogP contribution in [0.3, 0.4) is 0 Å². The Morgan fingerprint density at radius 1 is 1.07 bits per heavy atom. The van der Waals surface area contributed by atoms with Gasteiger partial charge in [0.05, 0.1) is 48.2 Å². The second-order valence-electron chi connectivity index (χ2n) is 12.1. The van der Waals surface area contributed by atoms with Gasteiger partial charge in [0.15, 0.2) is 5.78 Å². The Kier molecular flexibility index (Phi) is 7.45. The zero-order valence-electron chi connectivity index (χ0n) is 24.4. The first kappa shape index (κ1) is 30.8. The lowest BCUT2D eigenvalue weighted by atomic mass is 9.60. The SMILES string of the molecule is C=S(=O)(c1cncc(Cl)c1)N(C1CC1)[C@H]1CCC2=Cc3c(cnn3-c3ccc(F)cc3)C[C@]2(C(=O)c2cc(C(F)(F)F)ccn2)C1. The Morgan fingerprint density at radius 3 is 2.52 bits per heavy atom. The zero-order chi connectivity index (χ0) is 32.4. The molecular formula is C33H28ClF4N5O2S. The van der Waals surface area contributed by atoms with Gasteiger partial charge in [-0.1, -0.05) is 17.2 Å². The van der Waals surface area contributed by atoms with Crippen molar-refractivity contribution in [2.45, 2.75) is 61.7 Å². The maximum absolute atomic E-state index is 14.6. The first-order valence-corrected chi connectivity index (χ1v) is 16.8. The van der Waals surface area contributed by atoms with Gasteiger partial charge >= 0.3 is 6.18 Å². The van der Waals surface area contributed by atoms with Crippen LogP contribution in [0.4, 0.5) is 17.6 Å². The van der Waals surface area contributed by atoms with E-state index in [-0.39, 0.29) is 24.6 Å². The first-order chi connectivity index (χ1) is 21.9. The molecule has 0 radical (unpaired) electrons. The van der Waals surface area contributed by atoms with E-state index in [0.29, 0.717) is 39.7 Å². The van der Waals surface area contributed by atoms with Crippen molar-refractivity contribution in [1.29, 1.82) is 0 Å². The van der Waals surface area contributed by atoms with Crippen LogP contribution in [0.25, 0.3) is 11.8 Å². The molecule has 0 N–H and O–H groups in total. The molecule has 238 valence electrons. The van der Waals surface area contributed by atoms with Gasteiger partial charge in [-0.2, -0.15) is 18.3 Å². The average molecular weight is 670 g/mol. The van der Waals surface area contributed by atoms with Gasteiger partial charge in [0, 0.05) is 30.7 Å². The number of fused-ring (bicyclic) bond motifs is 2. The predicted octanol–water partition coefficient (Wildman–Crippen LogP) is 6.99. The fourth-order valence-electron chi connectivity index (χ4n) is 6.86. The molecule has 3 aliphatic rings. The van der Waals surface area contributed by atoms with Crippen molar-refractivity contribution in [2.24, 2.45) is 5.41 Å². The molecule has 3 atom stereocenters. The lowest BCUT2D eigenvalue weighted by molar-refractivity contribution is -0.137. The quantitative estimate of drug-likeness (QED) is 0.120. The summed E-state index contributed by atoms with van der Waals surface area (Å²) in [7, 11) is -3.09. The standard InChI is InChI=1S/C33H28ClF4N5O2S/c1-46(45,28-14-23(34)18-39-19-28)43(26-8-9-26)27-5-2-21-13-30-20(17-41-42(30)25-6-3-24(35)4-7-25)15-32(21,16-27)31(44)29-12-22(10-11-40-29)33(36,37)38/h3-4,6-7,10-14,17-19,26-27H,1-2,5,8-9,15-16H2/t27-,32-,46?/m0/s1. The molecule has 3 aliphatic carbocycles. The van der Waals surface area contributed by atoms with Gasteiger partial charge < -0.3 is 0 Å². The minimum Gasteiger partial charge on any atom is -0.291 e. The fourth-order valence-corrected chi connectivity index (χ4v) is 9.24. The van der Waals surface area contributed by atoms with Crippen LogP contribution < -0.4 is 0 Å². The largest absolute Gasteiger partial charge is 0.416 e. The molecule has 7 rings (SSSR count). The molecule has 3 aromatic heterocycles. The Bertz CT molecular complexity index is 1990. The normalized spacial score (nSPS) is 22.5. The summed E-state index contributed by atoms with van der Waals surface area (Å²) in [5.41, 5.74) is 0.252. The number of hydrogen-bond donors (Lipinski definition) is 0. The fraction of sp³-hybridized carbons (Fsp3) is 0.303. The van der Waals surface area contributed by atoms with Gasteiger partial charge in [0.25, 0.3) is 0 Å². The summed E-state index contributed by atoms with van der Waals surface area (Å²) in [6, 6.07) is 8.64. The summed E-state index contributed by atoms with van der Waals surface area (Å²) >= 11 is 6.21. The Hall–Kier alpha value is -3.87. The second kappa shape index (κ2) is 11.1. The highest BCUT2D eigenvalue weighted by atomic mass is 35.5. The Balaban J connectivity index is 1.33. The summed E-state index contributed by atoms with van der Waals surface area (Å²) < 4.78 is 72.9. The summed E-state index contributed by atoms with van der Waals surface area (Å²) in [6.07, 6.45) is 5.65. The van der Waals surface area contributed by atoms with Crippen molar-refractivity contribution in [2.75, 3.05) is 0 Å². The number of carbonyl (C=O) groups excluding carboxylic acids is 1. The highest BCUT2D eigenvalue weighted by Crippen LogP contribution is 2.53. The number of benzene rings is 1. The van der Waals surface area contributed by atoms with Crippen molar-refractivity contribution in [3.05, 3.63) is 106 Å². The van der Waals surface area contributed by atoms with Crippen LogP contribution in [-0.4, -0.2) is 52.0 Å². The lowest BCUT2D eigenvalue weighted by Crippen LogP contribution is -2.51. The molecule has 0 amide bonds. The van der Waals surface area contributed by atoms with E-state index in [1.807, 2.05) is 10.4 Å². The maximum Gasteiger partial charge on any atom is 0.416 e. The van der Waals surface area contributed by atoms with Crippen LogP contribution in [0.15, 0.2) is 77.7 Å². The van der Waals surface area contributed by atoms with E-state index >= 15 is 0 Å². The molecule has 46 heavy (non-hydrogen) atoms. The molecule has 1 unspecified atom stereocenters. The van der Waals surface area contributed by atoms with Crippen LogP contribution in [0.2, 0.25) is 5.02 Å². The van der Waals surface area contributed by atoms with Crippen molar-refractivity contribution >= 4 is 39.0 Å². The molecule has 0 spiro atoms. The van der Waals surface area contributed by atoms with Gasteiger partial charge in [-0.25, -0.2) is 17.6 Å². The number of allylic oxidation sites excluding steroid dienone is 1. The van der Waals surface area contributed by atoms with Crippen molar-refractivity contribution in [3.8, 4) is 5.69 Å². The van der Waals surface area contributed by atoms with E-state index in [9.17, 15) is 26.6 Å². The summed E-state index contributed by atoms with van der Waals surface area (Å²) in [6.45, 7) is 0. The lowest BCUT2D eigenvalue weighted by Gasteiger charge is -2.47. The van der Waals surface area contributed by atoms with Gasteiger partial charge in [0.2, 0.25) is 0 Å². The Labute approximate surface area is 268 Å². The molecule has 2 saturated carbocycles. The van der Waals surface area contributed by atoms with Gasteiger partial charge in [-0.15, -0.1) is 0 Å². The van der Waals surface area contributed by atoms with Gasteiger partial charge in [0.1, 0.15) is 11.5 Å². The molecule has 2 fully saturated rings. The van der Waals surface area contributed by atoms with Crippen LogP contribution in [0.5, 0.6) is 0 Å². The molecule has 7 nitrogen and oxygen atoms in total. The number of pyridine rings is 2. The summed E-state index contributed by atoms with van der Waals surface area (Å²) in [5.74, 6) is 3.21. The van der Waals surface area contributed by atoms with Crippen LogP contribution >= 0.6 is 11.6 Å². The van der Waals surface area contributed by atoms with Crippen LogP contribution in [0, 0.1) is 11.2 Å². The third-order valence-corrected chi connectivity index (χ3v) is 11.6. The van der Waals surface area contributed by atoms with E-state index < -0.39 is 44.5 Å². The maximum atomic E-state index is 14.6. The topological polar surface area (TPSA) is 81.0 Å². The minimum absolute atomic E-state index is 0.0428. The van der Waals surface area contributed by atoms with E-state index in [0.717, 1.165) is 36.7 Å². The number of rotatable bonds is 7. The highest BCUT2D eigenvalue weighted by molar-refractivity contribution is 7.98. The van der Waals surface area contributed by atoms with E-state index in [2.05, 4.69) is 20.9 Å². The first-order valence-electron chi connectivity index (χ1n) is 14.7. The number of aromatic nitrogens is 4. The molecule has 0 aliphatic heterocycles. The number of carbonyl (C=O) groups is 1. The summed E-state index contributed by atoms with van der Waals surface area (Å²) in [5, 5.41) is 4.85. The number of hydrogen-bond acceptors (Lipinski definition) is 5. The number of nitrogens with zero attached hydrogens (tertiary/aromatic N) is 5. The zero-order valence-corrected chi connectivity index (χ0v) is 26.0. The molecular weight excluding hydrogens is 642 g/mol.